The number of nitrogens with one attached hydrogen (secondary N) is 1. The van der Waals surface area contributed by atoms with Crippen LogP contribution in [0.1, 0.15) is 11.4 Å². The van der Waals surface area contributed by atoms with Crippen molar-refractivity contribution in [3.8, 4) is 0 Å². The van der Waals surface area contributed by atoms with E-state index in [0.717, 1.165) is 33.9 Å². The topological polar surface area (TPSA) is 71.2 Å². The van der Waals surface area contributed by atoms with E-state index in [1.54, 1.807) is 16.2 Å². The highest BCUT2D eigenvalue weighted by Crippen LogP contribution is 2.30. The molecule has 5 nitrogen and oxygen atoms in total. The smallest absolute Gasteiger partial charge is 0.244 e. The van der Waals surface area contributed by atoms with Crippen LogP contribution in [-0.4, -0.2) is 35.4 Å². The summed E-state index contributed by atoms with van der Waals surface area (Å²) in [5.41, 5.74) is 8.44. The number of aromatic nitrogens is 1. The number of likely N-dealkylation sites (tertiary alicyclic amines) is 1. The molecule has 2 heterocycles. The predicted octanol–water partition coefficient (Wildman–Crippen LogP) is 1.83. The first kappa shape index (κ1) is 12.2. The molecule has 6 heteroatoms. The summed E-state index contributed by atoms with van der Waals surface area (Å²) < 4.78 is 1.08. The Morgan fingerprint density at radius 1 is 1.53 bits per heavy atom. The zero-order valence-electron chi connectivity index (χ0n) is 10.9. The maximum absolute atomic E-state index is 11.9. The van der Waals surface area contributed by atoms with Gasteiger partial charge in [-0.15, -0.1) is 11.3 Å². The van der Waals surface area contributed by atoms with Gasteiger partial charge in [0.05, 0.1) is 26.6 Å². The quantitative estimate of drug-likeness (QED) is 0.821. The van der Waals surface area contributed by atoms with E-state index in [4.69, 9.17) is 5.73 Å². The number of likely N-dealkylation sites (N-methyl/N-ethyl adjacent to an activating group) is 1. The Balaban J connectivity index is 1.92. The van der Waals surface area contributed by atoms with Crippen molar-refractivity contribution in [2.45, 2.75) is 19.4 Å². The fraction of sp³-hybridized carbons (Fsp3) is 0.385. The van der Waals surface area contributed by atoms with E-state index >= 15 is 0 Å². The molecule has 0 saturated carbocycles. The maximum atomic E-state index is 11.9. The van der Waals surface area contributed by atoms with Crippen molar-refractivity contribution in [1.82, 2.24) is 9.88 Å². The number of aryl methyl sites for hydroxylation is 1. The van der Waals surface area contributed by atoms with Crippen LogP contribution in [0.15, 0.2) is 12.1 Å². The Morgan fingerprint density at radius 3 is 3.00 bits per heavy atom. The number of fused-ring (bicyclic) bond motifs is 1. The van der Waals surface area contributed by atoms with Crippen LogP contribution in [0.25, 0.3) is 10.2 Å². The molecule has 19 heavy (non-hydrogen) atoms. The third kappa shape index (κ3) is 2.12. The molecule has 3 N–H and O–H groups in total. The van der Waals surface area contributed by atoms with Crippen LogP contribution in [0.2, 0.25) is 0 Å². The van der Waals surface area contributed by atoms with E-state index in [-0.39, 0.29) is 11.9 Å². The monoisotopic (exact) mass is 276 g/mol. The molecule has 1 aliphatic heterocycles. The van der Waals surface area contributed by atoms with E-state index in [1.807, 2.05) is 26.1 Å². The van der Waals surface area contributed by atoms with Crippen molar-refractivity contribution >= 4 is 38.8 Å². The molecule has 1 aromatic carbocycles. The van der Waals surface area contributed by atoms with Gasteiger partial charge in [0.2, 0.25) is 5.91 Å². The fourth-order valence-electron chi connectivity index (χ4n) is 2.37. The third-order valence-electron chi connectivity index (χ3n) is 3.42. The second kappa shape index (κ2) is 4.38. The molecule has 1 atom stereocenters. The van der Waals surface area contributed by atoms with Crippen molar-refractivity contribution in [3.63, 3.8) is 0 Å². The molecule has 1 fully saturated rings. The third-order valence-corrected chi connectivity index (χ3v) is 4.36. The number of benzene rings is 1. The number of hydrogen-bond donors (Lipinski definition) is 2. The number of anilines is 2. The molecule has 1 aromatic heterocycles. The molecule has 1 aliphatic rings. The first-order chi connectivity index (χ1) is 9.04. The number of nitrogen functional groups attached to an aromatic ring is 1. The standard InChI is InChI=1S/C13H16N4OS/c1-7-15-11-6-10(8(14)5-12(11)19-7)16-9-3-4-17(2)13(9)18/h5-6,9,16H,3-4,14H2,1-2H3. The summed E-state index contributed by atoms with van der Waals surface area (Å²) in [6, 6.07) is 3.68. The Morgan fingerprint density at radius 2 is 2.32 bits per heavy atom. The van der Waals surface area contributed by atoms with Gasteiger partial charge in [-0.25, -0.2) is 4.98 Å². The largest absolute Gasteiger partial charge is 0.397 e. The summed E-state index contributed by atoms with van der Waals surface area (Å²) >= 11 is 1.62. The van der Waals surface area contributed by atoms with Crippen LogP contribution in [-0.2, 0) is 4.79 Å². The number of nitrogens with zero attached hydrogens (tertiary/aromatic N) is 2. The highest BCUT2D eigenvalue weighted by molar-refractivity contribution is 7.18. The van der Waals surface area contributed by atoms with Gasteiger partial charge >= 0.3 is 0 Å². The summed E-state index contributed by atoms with van der Waals surface area (Å²) in [5.74, 6) is 0.119. The molecule has 100 valence electrons. The van der Waals surface area contributed by atoms with Gasteiger partial charge in [-0.2, -0.15) is 0 Å². The van der Waals surface area contributed by atoms with Gasteiger partial charge in [0, 0.05) is 13.6 Å². The lowest BCUT2D eigenvalue weighted by Crippen LogP contribution is -2.31. The molecule has 1 saturated heterocycles. The van der Waals surface area contributed by atoms with E-state index in [0.29, 0.717) is 5.69 Å². The minimum atomic E-state index is -0.176. The lowest BCUT2D eigenvalue weighted by Gasteiger charge is -2.15. The van der Waals surface area contributed by atoms with Gasteiger partial charge in [0.15, 0.2) is 0 Å². The van der Waals surface area contributed by atoms with Gasteiger partial charge in [0.1, 0.15) is 6.04 Å². The Kier molecular flexibility index (Phi) is 2.82. The highest BCUT2D eigenvalue weighted by atomic mass is 32.1. The average Bonchev–Trinajstić information content (AvgIpc) is 2.85. The summed E-state index contributed by atoms with van der Waals surface area (Å²) in [5, 5.41) is 4.26. The fourth-order valence-corrected chi connectivity index (χ4v) is 3.23. The number of carbonyl (C=O) groups is 1. The first-order valence-electron chi connectivity index (χ1n) is 6.23. The SMILES string of the molecule is Cc1nc2cc(NC3CCN(C)C3=O)c(N)cc2s1. The van der Waals surface area contributed by atoms with Gasteiger partial charge < -0.3 is 16.0 Å². The summed E-state index contributed by atoms with van der Waals surface area (Å²) in [7, 11) is 1.82. The maximum Gasteiger partial charge on any atom is 0.244 e. The van der Waals surface area contributed by atoms with Gasteiger partial charge in [-0.1, -0.05) is 0 Å². The second-order valence-electron chi connectivity index (χ2n) is 4.89. The molecule has 3 rings (SSSR count). The van der Waals surface area contributed by atoms with Crippen LogP contribution in [0, 0.1) is 6.92 Å². The van der Waals surface area contributed by atoms with Crippen LogP contribution in [0.4, 0.5) is 11.4 Å². The molecule has 2 aromatic rings. The Hall–Kier alpha value is -1.82. The van der Waals surface area contributed by atoms with Crippen LogP contribution < -0.4 is 11.1 Å². The summed E-state index contributed by atoms with van der Waals surface area (Å²) in [6.07, 6.45) is 0.808. The number of hydrogen-bond acceptors (Lipinski definition) is 5. The van der Waals surface area contributed by atoms with E-state index in [9.17, 15) is 4.79 Å². The zero-order valence-corrected chi connectivity index (χ0v) is 11.8. The lowest BCUT2D eigenvalue weighted by molar-refractivity contribution is -0.127. The van der Waals surface area contributed by atoms with Crippen molar-refractivity contribution in [3.05, 3.63) is 17.1 Å². The number of rotatable bonds is 2. The number of nitrogens with two attached hydrogens (primary N) is 1. The zero-order chi connectivity index (χ0) is 13.6. The highest BCUT2D eigenvalue weighted by Gasteiger charge is 2.29. The lowest BCUT2D eigenvalue weighted by atomic mass is 10.2. The molecular formula is C13H16N4OS. The average molecular weight is 276 g/mol. The van der Waals surface area contributed by atoms with Crippen molar-refractivity contribution in [2.75, 3.05) is 24.6 Å². The second-order valence-corrected chi connectivity index (χ2v) is 6.12. The molecule has 1 unspecified atom stereocenters. The van der Waals surface area contributed by atoms with E-state index < -0.39 is 0 Å². The van der Waals surface area contributed by atoms with Crippen molar-refractivity contribution in [2.24, 2.45) is 0 Å². The van der Waals surface area contributed by atoms with Gasteiger partial charge in [-0.3, -0.25) is 4.79 Å². The normalized spacial score (nSPS) is 19.4. The van der Waals surface area contributed by atoms with Gasteiger partial charge in [0.25, 0.3) is 0 Å². The predicted molar refractivity (Wildman–Crippen MR) is 78.4 cm³/mol. The van der Waals surface area contributed by atoms with Crippen LogP contribution in [0.3, 0.4) is 0 Å². The number of amides is 1. The number of carbonyl (C=O) groups excluding carboxylic acids is 1. The Labute approximate surface area is 115 Å². The van der Waals surface area contributed by atoms with Crippen LogP contribution >= 0.6 is 11.3 Å². The molecular weight excluding hydrogens is 260 g/mol. The first-order valence-corrected chi connectivity index (χ1v) is 7.04. The minimum Gasteiger partial charge on any atom is -0.397 e. The molecule has 0 bridgehead atoms. The summed E-state index contributed by atoms with van der Waals surface area (Å²) in [4.78, 5) is 18.1. The van der Waals surface area contributed by atoms with E-state index in [1.165, 1.54) is 0 Å². The molecule has 0 aliphatic carbocycles. The van der Waals surface area contributed by atoms with Gasteiger partial charge in [-0.05, 0) is 25.5 Å². The Bertz CT molecular complexity index is 651. The molecule has 0 spiro atoms. The molecule has 1 amide bonds. The van der Waals surface area contributed by atoms with E-state index in [2.05, 4.69) is 10.3 Å². The van der Waals surface area contributed by atoms with Crippen LogP contribution in [0.5, 0.6) is 0 Å². The van der Waals surface area contributed by atoms with Crippen molar-refractivity contribution < 1.29 is 4.79 Å². The van der Waals surface area contributed by atoms with Crippen molar-refractivity contribution in [1.29, 1.82) is 0 Å². The summed E-state index contributed by atoms with van der Waals surface area (Å²) in [6.45, 7) is 2.76. The minimum absolute atomic E-state index is 0.119. The molecule has 0 radical (unpaired) electrons. The number of thiazole rings is 1.